The zero-order valence-electron chi connectivity index (χ0n) is 10.2. The Kier molecular flexibility index (Phi) is 2.89. The summed E-state index contributed by atoms with van der Waals surface area (Å²) in [6, 6.07) is 5.26. The fraction of sp³-hybridized carbons (Fsp3) is 0.538. The Bertz CT molecular complexity index is 388. The van der Waals surface area contributed by atoms with E-state index in [-0.39, 0.29) is 11.4 Å². The molecule has 2 rings (SSSR count). The molecule has 0 radical (unpaired) electrons. The molecule has 0 spiro atoms. The first kappa shape index (κ1) is 11.4. The van der Waals surface area contributed by atoms with E-state index in [0.717, 1.165) is 18.7 Å². The molecule has 1 heterocycles. The number of hydrogen-bond acceptors (Lipinski definition) is 2. The average molecular weight is 222 g/mol. The highest BCUT2D eigenvalue weighted by Gasteiger charge is 2.35. The lowest BCUT2D eigenvalue weighted by atomic mass is 9.88. The van der Waals surface area contributed by atoms with Gasteiger partial charge in [0.1, 0.15) is 5.82 Å². The first-order valence-corrected chi connectivity index (χ1v) is 5.75. The molecule has 0 bridgehead atoms. The van der Waals surface area contributed by atoms with Crippen LogP contribution >= 0.6 is 0 Å². The summed E-state index contributed by atoms with van der Waals surface area (Å²) in [6.45, 7) is 6.39. The summed E-state index contributed by atoms with van der Waals surface area (Å²) in [5, 5.41) is 2.94. The van der Waals surface area contributed by atoms with Crippen LogP contribution in [-0.2, 0) is 6.54 Å². The molecule has 0 saturated carbocycles. The Morgan fingerprint density at radius 1 is 1.44 bits per heavy atom. The minimum absolute atomic E-state index is 0.168. The maximum absolute atomic E-state index is 13.5. The zero-order valence-corrected chi connectivity index (χ0v) is 10.2. The van der Waals surface area contributed by atoms with Gasteiger partial charge in [0.25, 0.3) is 0 Å². The third kappa shape index (κ3) is 1.92. The number of nitrogens with zero attached hydrogens (tertiary/aromatic N) is 1. The van der Waals surface area contributed by atoms with E-state index in [4.69, 9.17) is 0 Å². The molecular formula is C13H19FN2. The Morgan fingerprint density at radius 3 is 2.69 bits per heavy atom. The second kappa shape index (κ2) is 4.06. The van der Waals surface area contributed by atoms with Crippen LogP contribution < -0.4 is 5.32 Å². The molecule has 1 aromatic rings. The lowest BCUT2D eigenvalue weighted by molar-refractivity contribution is 0.00806. The normalized spacial score (nSPS) is 19.2. The van der Waals surface area contributed by atoms with Crippen molar-refractivity contribution in [1.29, 1.82) is 0 Å². The maximum Gasteiger partial charge on any atom is 0.146 e. The lowest BCUT2D eigenvalue weighted by Crippen LogP contribution is -2.54. The minimum atomic E-state index is -0.168. The number of hydrogen-bond donors (Lipinski definition) is 1. The predicted octanol–water partition coefficient (Wildman–Crippen LogP) is 2.85. The van der Waals surface area contributed by atoms with Crippen LogP contribution in [0.1, 0.15) is 25.8 Å². The summed E-state index contributed by atoms with van der Waals surface area (Å²) >= 11 is 0. The van der Waals surface area contributed by atoms with E-state index in [9.17, 15) is 4.39 Å². The van der Waals surface area contributed by atoms with E-state index < -0.39 is 0 Å². The van der Waals surface area contributed by atoms with Gasteiger partial charge >= 0.3 is 0 Å². The molecular weight excluding hydrogens is 203 g/mol. The molecule has 1 aromatic carbocycles. The van der Waals surface area contributed by atoms with E-state index >= 15 is 0 Å². The monoisotopic (exact) mass is 222 g/mol. The first-order chi connectivity index (χ1) is 7.54. The van der Waals surface area contributed by atoms with Crippen LogP contribution in [0.2, 0.25) is 0 Å². The van der Waals surface area contributed by atoms with Crippen molar-refractivity contribution in [1.82, 2.24) is 4.90 Å². The third-order valence-electron chi connectivity index (χ3n) is 3.56. The second-order valence-electron chi connectivity index (χ2n) is 5.01. The number of halogens is 1. The van der Waals surface area contributed by atoms with Crippen molar-refractivity contribution in [3.05, 3.63) is 29.6 Å². The molecule has 1 aliphatic heterocycles. The fourth-order valence-electron chi connectivity index (χ4n) is 2.20. The van der Waals surface area contributed by atoms with Crippen molar-refractivity contribution in [2.45, 2.75) is 32.4 Å². The van der Waals surface area contributed by atoms with E-state index in [2.05, 4.69) is 24.1 Å². The molecule has 0 atom stereocenters. The number of nitrogens with one attached hydrogen (secondary N) is 1. The Morgan fingerprint density at radius 2 is 2.19 bits per heavy atom. The number of likely N-dealkylation sites (tertiary alicyclic amines) is 1. The van der Waals surface area contributed by atoms with Gasteiger partial charge in [-0.05, 0) is 31.9 Å². The highest BCUT2D eigenvalue weighted by atomic mass is 19.1. The van der Waals surface area contributed by atoms with Crippen molar-refractivity contribution in [2.75, 3.05) is 18.9 Å². The molecule has 1 aliphatic rings. The van der Waals surface area contributed by atoms with Crippen molar-refractivity contribution in [3.8, 4) is 0 Å². The molecule has 16 heavy (non-hydrogen) atoms. The molecule has 1 N–H and O–H groups in total. The summed E-state index contributed by atoms with van der Waals surface area (Å²) in [5.74, 6) is -0.168. The van der Waals surface area contributed by atoms with Crippen LogP contribution in [0.3, 0.4) is 0 Å². The molecule has 2 nitrogen and oxygen atoms in total. The largest absolute Gasteiger partial charge is 0.385 e. The SMILES string of the molecule is CNc1c(F)cccc1CN1CCC1(C)C. The Balaban J connectivity index is 2.18. The van der Waals surface area contributed by atoms with Gasteiger partial charge in [-0.3, -0.25) is 4.90 Å². The van der Waals surface area contributed by atoms with E-state index in [1.54, 1.807) is 13.1 Å². The quantitative estimate of drug-likeness (QED) is 0.846. The number of benzene rings is 1. The van der Waals surface area contributed by atoms with Gasteiger partial charge in [0.05, 0.1) is 5.69 Å². The predicted molar refractivity (Wildman–Crippen MR) is 65.1 cm³/mol. The van der Waals surface area contributed by atoms with Crippen molar-refractivity contribution < 1.29 is 4.39 Å². The van der Waals surface area contributed by atoms with Gasteiger partial charge in [0.2, 0.25) is 0 Å². The molecule has 88 valence electrons. The maximum atomic E-state index is 13.5. The van der Waals surface area contributed by atoms with Crippen LogP contribution in [-0.4, -0.2) is 24.0 Å². The van der Waals surface area contributed by atoms with Gasteiger partial charge in [0.15, 0.2) is 0 Å². The second-order valence-corrected chi connectivity index (χ2v) is 5.01. The smallest absolute Gasteiger partial charge is 0.146 e. The molecule has 0 aromatic heterocycles. The van der Waals surface area contributed by atoms with Crippen LogP contribution in [0.5, 0.6) is 0 Å². The Labute approximate surface area is 96.5 Å². The summed E-state index contributed by atoms with van der Waals surface area (Å²) in [7, 11) is 1.77. The van der Waals surface area contributed by atoms with Crippen LogP contribution in [0.4, 0.5) is 10.1 Å². The molecule has 0 aliphatic carbocycles. The number of rotatable bonds is 3. The van der Waals surface area contributed by atoms with Gasteiger partial charge in [-0.1, -0.05) is 12.1 Å². The Hall–Kier alpha value is -1.09. The zero-order chi connectivity index (χ0) is 11.8. The number of anilines is 1. The van der Waals surface area contributed by atoms with Crippen molar-refractivity contribution in [3.63, 3.8) is 0 Å². The van der Waals surface area contributed by atoms with Gasteiger partial charge in [-0.15, -0.1) is 0 Å². The summed E-state index contributed by atoms with van der Waals surface area (Å²) in [6.07, 6.45) is 1.22. The van der Waals surface area contributed by atoms with Gasteiger partial charge in [-0.25, -0.2) is 4.39 Å². The van der Waals surface area contributed by atoms with Gasteiger partial charge in [0, 0.05) is 25.7 Å². The minimum Gasteiger partial charge on any atom is -0.385 e. The number of para-hydroxylation sites is 1. The summed E-state index contributed by atoms with van der Waals surface area (Å²) < 4.78 is 13.5. The van der Waals surface area contributed by atoms with Crippen molar-refractivity contribution >= 4 is 5.69 Å². The van der Waals surface area contributed by atoms with Gasteiger partial charge in [-0.2, -0.15) is 0 Å². The summed E-state index contributed by atoms with van der Waals surface area (Å²) in [4.78, 5) is 2.38. The van der Waals surface area contributed by atoms with E-state index in [1.165, 1.54) is 12.5 Å². The molecule has 1 fully saturated rings. The van der Waals surface area contributed by atoms with Crippen LogP contribution in [0, 0.1) is 5.82 Å². The van der Waals surface area contributed by atoms with Crippen molar-refractivity contribution in [2.24, 2.45) is 0 Å². The molecule has 1 saturated heterocycles. The third-order valence-corrected chi connectivity index (χ3v) is 3.56. The summed E-state index contributed by atoms with van der Waals surface area (Å²) in [5.41, 5.74) is 1.93. The van der Waals surface area contributed by atoms with E-state index in [0.29, 0.717) is 5.69 Å². The fourth-order valence-corrected chi connectivity index (χ4v) is 2.20. The topological polar surface area (TPSA) is 15.3 Å². The highest BCUT2D eigenvalue weighted by Crippen LogP contribution is 2.32. The van der Waals surface area contributed by atoms with Gasteiger partial charge < -0.3 is 5.32 Å². The van der Waals surface area contributed by atoms with Crippen LogP contribution in [0.15, 0.2) is 18.2 Å². The molecule has 0 unspecified atom stereocenters. The molecule has 3 heteroatoms. The van der Waals surface area contributed by atoms with Crippen LogP contribution in [0.25, 0.3) is 0 Å². The molecule has 0 amide bonds. The van der Waals surface area contributed by atoms with E-state index in [1.807, 2.05) is 6.07 Å². The highest BCUT2D eigenvalue weighted by molar-refractivity contribution is 5.52. The first-order valence-electron chi connectivity index (χ1n) is 5.75. The lowest BCUT2D eigenvalue weighted by Gasteiger charge is -2.48. The average Bonchev–Trinajstić information content (AvgIpc) is 2.24. The standard InChI is InChI=1S/C13H19FN2/c1-13(2)7-8-16(13)9-10-5-4-6-11(14)12(10)15-3/h4-6,15H,7-9H2,1-3H3.